The highest BCUT2D eigenvalue weighted by Crippen LogP contribution is 2.51. The third-order valence-electron chi connectivity index (χ3n) is 3.51. The van der Waals surface area contributed by atoms with Crippen molar-refractivity contribution >= 4 is 0 Å². The van der Waals surface area contributed by atoms with Crippen LogP contribution in [0.4, 0.5) is 0 Å². The first-order valence-corrected chi connectivity index (χ1v) is 6.77. The summed E-state index contributed by atoms with van der Waals surface area (Å²) in [6.07, 6.45) is 4.50. The molecule has 2 rings (SSSR count). The van der Waals surface area contributed by atoms with E-state index in [1.165, 1.54) is 12.8 Å². The molecule has 2 aliphatic rings. The van der Waals surface area contributed by atoms with Gasteiger partial charge in [-0.15, -0.1) is 0 Å². The van der Waals surface area contributed by atoms with Crippen molar-refractivity contribution < 1.29 is 9.47 Å². The molecule has 2 nitrogen and oxygen atoms in total. The molecule has 1 aliphatic carbocycles. The van der Waals surface area contributed by atoms with Gasteiger partial charge in [0.2, 0.25) is 0 Å². The summed E-state index contributed by atoms with van der Waals surface area (Å²) in [4.78, 5) is 0. The molecule has 0 aromatic heterocycles. The van der Waals surface area contributed by atoms with Gasteiger partial charge in [0, 0.05) is 23.7 Å². The molecule has 98 valence electrons. The number of hydrogen-bond donors (Lipinski definition) is 0. The van der Waals surface area contributed by atoms with Crippen LogP contribution in [0.15, 0.2) is 11.5 Å². The highest BCUT2D eigenvalue weighted by Gasteiger charge is 2.50. The average molecular weight is 238 g/mol. The first kappa shape index (κ1) is 12.8. The van der Waals surface area contributed by atoms with Crippen LogP contribution in [0.1, 0.15) is 67.2 Å². The first-order chi connectivity index (χ1) is 7.64. The predicted molar refractivity (Wildman–Crippen MR) is 69.3 cm³/mol. The van der Waals surface area contributed by atoms with Crippen LogP contribution in [0.25, 0.3) is 0 Å². The Labute approximate surface area is 105 Å². The maximum atomic E-state index is 6.27. The lowest BCUT2D eigenvalue weighted by Gasteiger charge is -2.27. The van der Waals surface area contributed by atoms with Gasteiger partial charge in [0.05, 0.1) is 0 Å². The summed E-state index contributed by atoms with van der Waals surface area (Å²) < 4.78 is 12.5. The van der Waals surface area contributed by atoms with E-state index in [4.69, 9.17) is 9.47 Å². The van der Waals surface area contributed by atoms with Crippen LogP contribution in [0.3, 0.4) is 0 Å². The van der Waals surface area contributed by atoms with Gasteiger partial charge < -0.3 is 9.47 Å². The Balaban J connectivity index is 2.35. The molecule has 1 spiro atoms. The lowest BCUT2D eigenvalue weighted by molar-refractivity contribution is -0.158. The monoisotopic (exact) mass is 238 g/mol. The molecule has 2 heteroatoms. The van der Waals surface area contributed by atoms with Gasteiger partial charge in [-0.3, -0.25) is 0 Å². The minimum absolute atomic E-state index is 0.0225. The molecule has 1 aliphatic heterocycles. The highest BCUT2D eigenvalue weighted by atomic mass is 16.7. The van der Waals surface area contributed by atoms with E-state index in [1.807, 2.05) is 0 Å². The number of rotatable bonds is 0. The van der Waals surface area contributed by atoms with E-state index in [-0.39, 0.29) is 16.6 Å². The molecule has 0 saturated heterocycles. The zero-order valence-electron chi connectivity index (χ0n) is 12.1. The van der Waals surface area contributed by atoms with Gasteiger partial charge in [-0.2, -0.15) is 0 Å². The summed E-state index contributed by atoms with van der Waals surface area (Å²) in [5.74, 6) is 1.80. The molecule has 0 radical (unpaired) electrons. The summed E-state index contributed by atoms with van der Waals surface area (Å²) >= 11 is 0. The molecule has 0 N–H and O–H groups in total. The second kappa shape index (κ2) is 3.66. The Morgan fingerprint density at radius 1 is 0.765 bits per heavy atom. The van der Waals surface area contributed by atoms with Crippen molar-refractivity contribution in [2.24, 2.45) is 10.8 Å². The third kappa shape index (κ3) is 2.31. The van der Waals surface area contributed by atoms with Gasteiger partial charge in [-0.25, -0.2) is 0 Å². The van der Waals surface area contributed by atoms with Crippen LogP contribution >= 0.6 is 0 Å². The fourth-order valence-electron chi connectivity index (χ4n) is 2.59. The average Bonchev–Trinajstić information content (AvgIpc) is 2.72. The van der Waals surface area contributed by atoms with Crippen molar-refractivity contribution in [3.05, 3.63) is 11.5 Å². The molecule has 0 amide bonds. The summed E-state index contributed by atoms with van der Waals surface area (Å²) in [6.45, 7) is 13.2. The third-order valence-corrected chi connectivity index (χ3v) is 3.51. The van der Waals surface area contributed by atoms with E-state index in [9.17, 15) is 0 Å². The van der Waals surface area contributed by atoms with Crippen molar-refractivity contribution in [3.63, 3.8) is 0 Å². The summed E-state index contributed by atoms with van der Waals surface area (Å²) in [6, 6.07) is 0. The van der Waals surface area contributed by atoms with Crippen LogP contribution in [0.5, 0.6) is 0 Å². The molecule has 0 aromatic rings. The van der Waals surface area contributed by atoms with Crippen LogP contribution in [0, 0.1) is 10.8 Å². The molecule has 0 aromatic carbocycles. The quantitative estimate of drug-likeness (QED) is 0.613. The van der Waals surface area contributed by atoms with Crippen molar-refractivity contribution in [2.45, 2.75) is 73.0 Å². The number of allylic oxidation sites excluding steroid dienone is 2. The molecular formula is C15H26O2. The molecular weight excluding hydrogens is 212 g/mol. The van der Waals surface area contributed by atoms with Crippen molar-refractivity contribution in [1.82, 2.24) is 0 Å². The minimum Gasteiger partial charge on any atom is -0.453 e. The van der Waals surface area contributed by atoms with Gasteiger partial charge >= 0.3 is 0 Å². The standard InChI is InChI=1S/C15H26O2/c1-13(2,3)11-12(14(4,5)6)17-15(16-11)9-7-8-10-15/h7-10H2,1-6H3. The van der Waals surface area contributed by atoms with E-state index >= 15 is 0 Å². The summed E-state index contributed by atoms with van der Waals surface area (Å²) in [5.41, 5.74) is 0.0450. The molecule has 0 unspecified atom stereocenters. The second-order valence-electron chi connectivity index (χ2n) is 7.48. The van der Waals surface area contributed by atoms with Gasteiger partial charge in [0.15, 0.2) is 0 Å². The van der Waals surface area contributed by atoms with Gasteiger partial charge in [-0.05, 0) is 12.8 Å². The molecule has 0 bridgehead atoms. The van der Waals surface area contributed by atoms with E-state index in [0.29, 0.717) is 0 Å². The fraction of sp³-hybridized carbons (Fsp3) is 0.867. The molecule has 0 atom stereocenters. The van der Waals surface area contributed by atoms with Crippen molar-refractivity contribution in [2.75, 3.05) is 0 Å². The van der Waals surface area contributed by atoms with Crippen molar-refractivity contribution in [1.29, 1.82) is 0 Å². The van der Waals surface area contributed by atoms with Crippen LogP contribution in [-0.2, 0) is 9.47 Å². The minimum atomic E-state index is -0.328. The molecule has 1 saturated carbocycles. The predicted octanol–water partition coefficient (Wildman–Crippen LogP) is 4.61. The highest BCUT2D eigenvalue weighted by molar-refractivity contribution is 5.20. The Kier molecular flexibility index (Phi) is 2.76. The number of hydrogen-bond acceptors (Lipinski definition) is 2. The van der Waals surface area contributed by atoms with Crippen LogP contribution in [-0.4, -0.2) is 5.79 Å². The Hall–Kier alpha value is -0.660. The molecule has 1 heterocycles. The molecule has 1 fully saturated rings. The van der Waals surface area contributed by atoms with E-state index in [0.717, 1.165) is 24.4 Å². The topological polar surface area (TPSA) is 18.5 Å². The van der Waals surface area contributed by atoms with Gasteiger partial charge in [0.1, 0.15) is 11.5 Å². The smallest absolute Gasteiger partial charge is 0.250 e. The second-order valence-corrected chi connectivity index (χ2v) is 7.48. The Bertz CT molecular complexity index is 305. The van der Waals surface area contributed by atoms with Crippen LogP contribution < -0.4 is 0 Å². The zero-order chi connectivity index (χ0) is 12.9. The number of ether oxygens (including phenoxy) is 2. The lowest BCUT2D eigenvalue weighted by Crippen LogP contribution is -2.28. The Morgan fingerprint density at radius 2 is 1.12 bits per heavy atom. The van der Waals surface area contributed by atoms with E-state index < -0.39 is 0 Å². The SMILES string of the molecule is CC(C)(C)C1=C(C(C)(C)C)OC2(CCCC2)O1. The lowest BCUT2D eigenvalue weighted by atomic mass is 9.85. The van der Waals surface area contributed by atoms with Gasteiger partial charge in [-0.1, -0.05) is 41.5 Å². The fourth-order valence-corrected chi connectivity index (χ4v) is 2.59. The van der Waals surface area contributed by atoms with Crippen molar-refractivity contribution in [3.8, 4) is 0 Å². The van der Waals surface area contributed by atoms with E-state index in [2.05, 4.69) is 41.5 Å². The van der Waals surface area contributed by atoms with Crippen LogP contribution in [0.2, 0.25) is 0 Å². The Morgan fingerprint density at radius 3 is 1.41 bits per heavy atom. The zero-order valence-corrected chi connectivity index (χ0v) is 12.1. The van der Waals surface area contributed by atoms with Gasteiger partial charge in [0.25, 0.3) is 5.79 Å². The maximum Gasteiger partial charge on any atom is 0.250 e. The summed E-state index contributed by atoms with van der Waals surface area (Å²) in [5, 5.41) is 0. The molecule has 17 heavy (non-hydrogen) atoms. The largest absolute Gasteiger partial charge is 0.453 e. The first-order valence-electron chi connectivity index (χ1n) is 6.77. The summed E-state index contributed by atoms with van der Waals surface area (Å²) in [7, 11) is 0. The van der Waals surface area contributed by atoms with E-state index in [1.54, 1.807) is 0 Å². The maximum absolute atomic E-state index is 6.27. The normalized spacial score (nSPS) is 24.1.